The molecule has 2 saturated carbocycles. The van der Waals surface area contributed by atoms with Crippen molar-refractivity contribution >= 4 is 29.1 Å². The number of thioether (sulfide) groups is 1. The van der Waals surface area contributed by atoms with E-state index in [2.05, 4.69) is 22.3 Å². The summed E-state index contributed by atoms with van der Waals surface area (Å²) in [7, 11) is 0. The lowest BCUT2D eigenvalue weighted by atomic mass is 9.94. The molecule has 2 bridgehead atoms. The van der Waals surface area contributed by atoms with E-state index in [1.807, 2.05) is 53.4 Å². The number of amides is 1. The second kappa shape index (κ2) is 8.15. The van der Waals surface area contributed by atoms with E-state index >= 15 is 0 Å². The molecule has 3 fully saturated rings. The van der Waals surface area contributed by atoms with Crippen LogP contribution in [0.2, 0.25) is 0 Å². The van der Waals surface area contributed by atoms with Gasteiger partial charge in [0.2, 0.25) is 5.91 Å². The van der Waals surface area contributed by atoms with Gasteiger partial charge in [0.1, 0.15) is 0 Å². The Morgan fingerprint density at radius 3 is 2.45 bits per heavy atom. The van der Waals surface area contributed by atoms with Crippen molar-refractivity contribution < 1.29 is 4.79 Å². The first kappa shape index (κ1) is 18.6. The quantitative estimate of drug-likeness (QED) is 0.534. The molecule has 3 aliphatic rings. The molecule has 0 spiro atoms. The number of amidine groups is 1. The lowest BCUT2D eigenvalue weighted by Gasteiger charge is -2.30. The van der Waals surface area contributed by atoms with E-state index in [4.69, 9.17) is 0 Å². The van der Waals surface area contributed by atoms with E-state index in [1.54, 1.807) is 18.0 Å². The summed E-state index contributed by atoms with van der Waals surface area (Å²) in [4.78, 5) is 15.4. The molecule has 0 N–H and O–H groups in total. The molecule has 1 aliphatic heterocycles. The Morgan fingerprint density at radius 1 is 1.00 bits per heavy atom. The molecule has 0 aromatic heterocycles. The van der Waals surface area contributed by atoms with Gasteiger partial charge in [-0.3, -0.25) is 9.69 Å². The van der Waals surface area contributed by atoms with Crippen LogP contribution < -0.4 is 0 Å². The molecule has 0 radical (unpaired) electrons. The van der Waals surface area contributed by atoms with Crippen molar-refractivity contribution in [2.75, 3.05) is 0 Å². The molecule has 4 nitrogen and oxygen atoms in total. The molecule has 1 heterocycles. The molecule has 2 aromatic carbocycles. The van der Waals surface area contributed by atoms with Crippen molar-refractivity contribution in [3.8, 4) is 0 Å². The van der Waals surface area contributed by atoms with Crippen LogP contribution in [0.25, 0.3) is 0 Å². The van der Waals surface area contributed by atoms with Gasteiger partial charge in [0.05, 0.1) is 11.5 Å². The fourth-order valence-electron chi connectivity index (χ4n) is 5.03. The summed E-state index contributed by atoms with van der Waals surface area (Å²) < 4.78 is 0. The smallest absolute Gasteiger partial charge is 0.242 e. The molecular formula is C24H25N3OS. The minimum absolute atomic E-state index is 0.109. The number of benzene rings is 2. The summed E-state index contributed by atoms with van der Waals surface area (Å²) in [5, 5.41) is 9.53. The van der Waals surface area contributed by atoms with Gasteiger partial charge in [-0.05, 0) is 48.6 Å². The van der Waals surface area contributed by atoms with E-state index in [0.717, 1.165) is 29.5 Å². The maximum atomic E-state index is 13.4. The molecule has 29 heavy (non-hydrogen) atoms. The average Bonchev–Trinajstić information content (AvgIpc) is 3.45. The number of nitrogens with zero attached hydrogens (tertiary/aromatic N) is 3. The van der Waals surface area contributed by atoms with Gasteiger partial charge in [0.15, 0.2) is 5.17 Å². The number of carbonyl (C=O) groups excluding carboxylic acids is 1. The normalized spacial score (nSPS) is 30.1. The van der Waals surface area contributed by atoms with Crippen LogP contribution in [0.3, 0.4) is 0 Å². The zero-order valence-corrected chi connectivity index (χ0v) is 17.2. The van der Waals surface area contributed by atoms with Gasteiger partial charge in [-0.1, -0.05) is 78.8 Å². The van der Waals surface area contributed by atoms with Gasteiger partial charge in [-0.2, -0.15) is 5.10 Å². The van der Waals surface area contributed by atoms with Gasteiger partial charge in [-0.15, -0.1) is 5.10 Å². The predicted octanol–water partition coefficient (Wildman–Crippen LogP) is 4.75. The average molecular weight is 404 g/mol. The van der Waals surface area contributed by atoms with Crippen LogP contribution in [0.4, 0.5) is 0 Å². The first-order valence-electron chi connectivity index (χ1n) is 10.5. The summed E-state index contributed by atoms with van der Waals surface area (Å²) in [5.74, 6) is 1.62. The molecule has 2 aliphatic carbocycles. The Balaban J connectivity index is 1.39. The summed E-state index contributed by atoms with van der Waals surface area (Å²) in [5.41, 5.74) is 2.21. The largest absolute Gasteiger partial charge is 0.285 e. The van der Waals surface area contributed by atoms with Crippen molar-refractivity contribution in [1.29, 1.82) is 0 Å². The Labute approximate surface area is 176 Å². The third kappa shape index (κ3) is 3.88. The second-order valence-electron chi connectivity index (χ2n) is 8.28. The highest BCUT2D eigenvalue weighted by Gasteiger charge is 2.49. The zero-order valence-electron chi connectivity index (χ0n) is 16.4. The number of rotatable bonds is 5. The van der Waals surface area contributed by atoms with Crippen molar-refractivity contribution in [1.82, 2.24) is 4.90 Å². The number of carbonyl (C=O) groups is 1. The molecule has 4 atom stereocenters. The molecule has 148 valence electrons. The summed E-state index contributed by atoms with van der Waals surface area (Å²) in [6.45, 7) is 0. The third-order valence-electron chi connectivity index (χ3n) is 6.41. The van der Waals surface area contributed by atoms with Crippen molar-refractivity contribution in [2.45, 2.75) is 43.4 Å². The number of fused-ring (bicyclic) bond motifs is 2. The highest BCUT2D eigenvalue weighted by atomic mass is 32.2. The first-order chi connectivity index (χ1) is 14.3. The topological polar surface area (TPSA) is 45.0 Å². The monoisotopic (exact) mass is 403 g/mol. The zero-order chi connectivity index (χ0) is 19.6. The van der Waals surface area contributed by atoms with Gasteiger partial charge >= 0.3 is 0 Å². The van der Waals surface area contributed by atoms with Gasteiger partial charge in [0, 0.05) is 6.04 Å². The van der Waals surface area contributed by atoms with Crippen LogP contribution in [-0.2, 0) is 11.2 Å². The standard InChI is InChI=1S/C24H25N3OS/c28-23-22(15-17-7-3-1-4-8-17)29-24(26-25-16-18-9-5-2-6-10-18)27(23)21-14-19-11-12-20(21)13-19/h1-10,16,19-22H,11-15H2/b25-16-,26-24+/t19-,20-,21+,22-/m0/s1. The van der Waals surface area contributed by atoms with E-state index < -0.39 is 0 Å². The maximum Gasteiger partial charge on any atom is 0.242 e. The van der Waals surface area contributed by atoms with E-state index in [-0.39, 0.29) is 11.2 Å². The Kier molecular flexibility index (Phi) is 5.23. The van der Waals surface area contributed by atoms with Crippen LogP contribution in [-0.4, -0.2) is 33.5 Å². The minimum Gasteiger partial charge on any atom is -0.285 e. The summed E-state index contributed by atoms with van der Waals surface area (Å²) in [6.07, 6.45) is 7.46. The van der Waals surface area contributed by atoms with Crippen molar-refractivity contribution in [3.05, 3.63) is 71.8 Å². The highest BCUT2D eigenvalue weighted by molar-refractivity contribution is 8.15. The van der Waals surface area contributed by atoms with E-state index in [1.165, 1.54) is 24.8 Å². The Bertz CT molecular complexity index is 928. The van der Waals surface area contributed by atoms with Crippen molar-refractivity contribution in [2.24, 2.45) is 22.0 Å². The Hall–Kier alpha value is -2.40. The van der Waals surface area contributed by atoms with Crippen LogP contribution in [0.5, 0.6) is 0 Å². The number of hydrogen-bond acceptors (Lipinski definition) is 4. The molecule has 2 aromatic rings. The van der Waals surface area contributed by atoms with Crippen LogP contribution in [0.15, 0.2) is 70.9 Å². The first-order valence-corrected chi connectivity index (χ1v) is 11.4. The molecule has 5 rings (SSSR count). The van der Waals surface area contributed by atoms with Crippen molar-refractivity contribution in [3.63, 3.8) is 0 Å². The van der Waals surface area contributed by atoms with Crippen LogP contribution >= 0.6 is 11.8 Å². The molecule has 1 saturated heterocycles. The summed E-state index contributed by atoms with van der Waals surface area (Å²) in [6, 6.07) is 20.5. The molecule has 5 heteroatoms. The van der Waals surface area contributed by atoms with Crippen LogP contribution in [0.1, 0.15) is 36.8 Å². The van der Waals surface area contributed by atoms with E-state index in [9.17, 15) is 4.79 Å². The maximum absolute atomic E-state index is 13.4. The third-order valence-corrected chi connectivity index (χ3v) is 7.55. The molecule has 0 unspecified atom stereocenters. The lowest BCUT2D eigenvalue weighted by molar-refractivity contribution is -0.128. The molecular weight excluding hydrogens is 378 g/mol. The fourth-order valence-corrected chi connectivity index (χ4v) is 6.21. The van der Waals surface area contributed by atoms with Gasteiger partial charge in [0.25, 0.3) is 0 Å². The highest BCUT2D eigenvalue weighted by Crippen LogP contribution is 2.49. The SMILES string of the molecule is O=C1[C@H](Cc2ccccc2)S/C(=N/N=C\c2ccccc2)N1[C@@H]1C[C@H]2CC[C@H]1C2. The van der Waals surface area contributed by atoms with Gasteiger partial charge < -0.3 is 0 Å². The van der Waals surface area contributed by atoms with Crippen LogP contribution in [0, 0.1) is 11.8 Å². The summed E-state index contributed by atoms with van der Waals surface area (Å²) >= 11 is 1.58. The Morgan fingerprint density at radius 2 is 1.76 bits per heavy atom. The lowest BCUT2D eigenvalue weighted by Crippen LogP contribution is -2.44. The van der Waals surface area contributed by atoms with Gasteiger partial charge in [-0.25, -0.2) is 0 Å². The second-order valence-corrected chi connectivity index (χ2v) is 9.45. The minimum atomic E-state index is -0.109. The number of hydrogen-bond donors (Lipinski definition) is 0. The molecule has 1 amide bonds. The fraction of sp³-hybridized carbons (Fsp3) is 0.375. The predicted molar refractivity (Wildman–Crippen MR) is 119 cm³/mol. The van der Waals surface area contributed by atoms with E-state index in [0.29, 0.717) is 12.0 Å².